The van der Waals surface area contributed by atoms with E-state index in [4.69, 9.17) is 0 Å². The zero-order valence-corrected chi connectivity index (χ0v) is 20.4. The molecule has 5 heteroatoms. The number of benzene rings is 1. The van der Waals surface area contributed by atoms with Crippen LogP contribution in [0.15, 0.2) is 54.9 Å². The summed E-state index contributed by atoms with van der Waals surface area (Å²) in [7, 11) is 0. The number of hydrogen-bond acceptors (Lipinski definition) is 4. The van der Waals surface area contributed by atoms with Gasteiger partial charge in [-0.05, 0) is 87.1 Å². The van der Waals surface area contributed by atoms with E-state index in [1.165, 1.54) is 56.4 Å². The monoisotopic (exact) mass is 460 g/mol. The summed E-state index contributed by atoms with van der Waals surface area (Å²) < 4.78 is 0. The third-order valence-electron chi connectivity index (χ3n) is 8.37. The van der Waals surface area contributed by atoms with Gasteiger partial charge in [-0.1, -0.05) is 36.4 Å². The SMILES string of the molecule is O=C(CCC[C@@H]1[C@H]2CCCN3CCC[C@@H](CN1Cc1ccccc1)[C@@H]23)NCCc1cccnc1. The number of carbonyl (C=O) groups excluding carboxylic acids is 1. The molecule has 3 aliphatic rings. The standard InChI is InChI=1S/C29H40N4O/c34-28(31-17-15-23-10-5-16-30-20-23)14-4-13-27-26-12-7-19-32-18-6-11-25(29(26)32)22-33(27)21-24-8-2-1-3-9-24/h1-3,5,8-10,16,20,25-27,29H,4,6-7,11-15,17-19,21-22H2,(H,31,34)/t25-,26+,27+,29-/m0/s1. The van der Waals surface area contributed by atoms with Crippen LogP contribution in [-0.4, -0.2) is 59.0 Å². The normalized spacial score (nSPS) is 27.2. The fourth-order valence-corrected chi connectivity index (χ4v) is 6.93. The molecule has 5 nitrogen and oxygen atoms in total. The summed E-state index contributed by atoms with van der Waals surface area (Å²) in [5, 5.41) is 3.12. The van der Waals surface area contributed by atoms with Gasteiger partial charge in [-0.25, -0.2) is 0 Å². The fourth-order valence-electron chi connectivity index (χ4n) is 6.93. The summed E-state index contributed by atoms with van der Waals surface area (Å²) in [6.45, 7) is 5.54. The Labute approximate surface area is 204 Å². The maximum Gasteiger partial charge on any atom is 0.220 e. The van der Waals surface area contributed by atoms with Crippen LogP contribution in [0.25, 0.3) is 0 Å². The van der Waals surface area contributed by atoms with Crippen molar-refractivity contribution in [2.24, 2.45) is 11.8 Å². The highest BCUT2D eigenvalue weighted by Crippen LogP contribution is 2.43. The van der Waals surface area contributed by atoms with Gasteiger partial charge < -0.3 is 5.32 Å². The van der Waals surface area contributed by atoms with E-state index in [9.17, 15) is 4.79 Å². The first-order valence-corrected chi connectivity index (χ1v) is 13.5. The van der Waals surface area contributed by atoms with E-state index < -0.39 is 0 Å². The largest absolute Gasteiger partial charge is 0.356 e. The van der Waals surface area contributed by atoms with Crippen LogP contribution in [0.3, 0.4) is 0 Å². The molecule has 3 fully saturated rings. The van der Waals surface area contributed by atoms with Crippen LogP contribution < -0.4 is 5.32 Å². The number of likely N-dealkylation sites (tertiary alicyclic amines) is 1. The van der Waals surface area contributed by atoms with Gasteiger partial charge in [0.25, 0.3) is 0 Å². The minimum absolute atomic E-state index is 0.190. The predicted molar refractivity (Wildman–Crippen MR) is 136 cm³/mol. The summed E-state index contributed by atoms with van der Waals surface area (Å²) in [5.41, 5.74) is 2.59. The van der Waals surface area contributed by atoms with Crippen LogP contribution in [-0.2, 0) is 17.8 Å². The van der Waals surface area contributed by atoms with E-state index in [0.717, 1.165) is 43.7 Å². The lowest BCUT2D eigenvalue weighted by molar-refractivity contribution is -0.121. The summed E-state index contributed by atoms with van der Waals surface area (Å²) >= 11 is 0. The van der Waals surface area contributed by atoms with E-state index in [1.54, 1.807) is 6.20 Å². The molecular weight excluding hydrogens is 420 g/mol. The van der Waals surface area contributed by atoms with E-state index in [-0.39, 0.29) is 5.91 Å². The molecule has 0 saturated carbocycles. The van der Waals surface area contributed by atoms with Crippen molar-refractivity contribution in [1.82, 2.24) is 20.1 Å². The minimum Gasteiger partial charge on any atom is -0.356 e. The van der Waals surface area contributed by atoms with Crippen molar-refractivity contribution in [2.75, 3.05) is 26.2 Å². The number of carbonyl (C=O) groups is 1. The van der Waals surface area contributed by atoms with Crippen molar-refractivity contribution in [3.63, 3.8) is 0 Å². The van der Waals surface area contributed by atoms with Gasteiger partial charge in [-0.2, -0.15) is 0 Å². The van der Waals surface area contributed by atoms with Crippen molar-refractivity contribution in [3.8, 4) is 0 Å². The highest BCUT2D eigenvalue weighted by atomic mass is 16.1. The van der Waals surface area contributed by atoms with E-state index in [1.807, 2.05) is 12.3 Å². The van der Waals surface area contributed by atoms with Gasteiger partial charge in [0.2, 0.25) is 5.91 Å². The van der Waals surface area contributed by atoms with Crippen molar-refractivity contribution in [3.05, 3.63) is 66.0 Å². The molecule has 3 aliphatic heterocycles. The zero-order valence-electron chi connectivity index (χ0n) is 20.4. The Bertz CT molecular complexity index is 903. The second-order valence-electron chi connectivity index (χ2n) is 10.6. The average molecular weight is 461 g/mol. The Balaban J connectivity index is 1.18. The van der Waals surface area contributed by atoms with Gasteiger partial charge in [0.05, 0.1) is 0 Å². The van der Waals surface area contributed by atoms with E-state index in [0.29, 0.717) is 19.0 Å². The number of rotatable bonds is 9. The van der Waals surface area contributed by atoms with Crippen LogP contribution in [0.5, 0.6) is 0 Å². The van der Waals surface area contributed by atoms with Gasteiger partial charge >= 0.3 is 0 Å². The molecule has 0 bridgehead atoms. The van der Waals surface area contributed by atoms with Gasteiger partial charge in [-0.3, -0.25) is 19.6 Å². The Morgan fingerprint density at radius 2 is 1.85 bits per heavy atom. The summed E-state index contributed by atoms with van der Waals surface area (Å²) in [4.78, 5) is 22.3. The number of amides is 1. The van der Waals surface area contributed by atoms with Gasteiger partial charge in [0, 0.05) is 50.5 Å². The molecule has 1 N–H and O–H groups in total. The molecule has 0 radical (unpaired) electrons. The van der Waals surface area contributed by atoms with Gasteiger partial charge in [-0.15, -0.1) is 0 Å². The van der Waals surface area contributed by atoms with Crippen LogP contribution in [0, 0.1) is 11.8 Å². The number of nitrogens with one attached hydrogen (secondary N) is 1. The number of hydrogen-bond donors (Lipinski definition) is 1. The Morgan fingerprint density at radius 3 is 2.68 bits per heavy atom. The minimum atomic E-state index is 0.190. The van der Waals surface area contributed by atoms with Crippen LogP contribution >= 0.6 is 0 Å². The van der Waals surface area contributed by atoms with Crippen LogP contribution in [0.2, 0.25) is 0 Å². The van der Waals surface area contributed by atoms with Crippen LogP contribution in [0.1, 0.15) is 56.1 Å². The Kier molecular flexibility index (Phi) is 7.92. The molecule has 0 aliphatic carbocycles. The molecule has 2 aromatic rings. The highest BCUT2D eigenvalue weighted by Gasteiger charge is 2.48. The molecule has 0 unspecified atom stereocenters. The molecule has 3 saturated heterocycles. The molecular formula is C29H40N4O. The molecule has 182 valence electrons. The molecule has 1 aromatic carbocycles. The predicted octanol–water partition coefficient (Wildman–Crippen LogP) is 4.29. The smallest absolute Gasteiger partial charge is 0.220 e. The van der Waals surface area contributed by atoms with Crippen molar-refractivity contribution in [1.29, 1.82) is 0 Å². The lowest BCUT2D eigenvalue weighted by Crippen LogP contribution is -2.64. The van der Waals surface area contributed by atoms with Crippen molar-refractivity contribution in [2.45, 2.75) is 70.0 Å². The molecule has 0 spiro atoms. The fraction of sp³-hybridized carbons (Fsp3) is 0.586. The first-order chi connectivity index (χ1) is 16.8. The first-order valence-electron chi connectivity index (χ1n) is 13.5. The molecule has 34 heavy (non-hydrogen) atoms. The topological polar surface area (TPSA) is 48.5 Å². The quantitative estimate of drug-likeness (QED) is 0.607. The first kappa shape index (κ1) is 23.5. The van der Waals surface area contributed by atoms with E-state index in [2.05, 4.69) is 56.5 Å². The molecule has 5 rings (SSSR count). The lowest BCUT2D eigenvalue weighted by Gasteiger charge is -2.57. The summed E-state index contributed by atoms with van der Waals surface area (Å²) in [6, 6.07) is 16.4. The Hall–Kier alpha value is -2.24. The van der Waals surface area contributed by atoms with Crippen LogP contribution in [0.4, 0.5) is 0 Å². The molecule has 4 heterocycles. The lowest BCUT2D eigenvalue weighted by atomic mass is 9.69. The third-order valence-corrected chi connectivity index (χ3v) is 8.37. The second kappa shape index (κ2) is 11.5. The number of piperidine rings is 3. The molecule has 4 atom stereocenters. The van der Waals surface area contributed by atoms with Gasteiger partial charge in [0.15, 0.2) is 0 Å². The maximum atomic E-state index is 12.5. The zero-order chi connectivity index (χ0) is 23.2. The van der Waals surface area contributed by atoms with E-state index >= 15 is 0 Å². The van der Waals surface area contributed by atoms with Gasteiger partial charge in [0.1, 0.15) is 0 Å². The summed E-state index contributed by atoms with van der Waals surface area (Å²) in [6.07, 6.45) is 12.7. The van der Waals surface area contributed by atoms with Crippen molar-refractivity contribution >= 4 is 5.91 Å². The molecule has 1 aromatic heterocycles. The average Bonchev–Trinajstić information content (AvgIpc) is 2.87. The number of aromatic nitrogens is 1. The molecule has 1 amide bonds. The number of nitrogens with zero attached hydrogens (tertiary/aromatic N) is 3. The second-order valence-corrected chi connectivity index (χ2v) is 10.6. The van der Waals surface area contributed by atoms with Crippen molar-refractivity contribution < 1.29 is 4.79 Å². The highest BCUT2D eigenvalue weighted by molar-refractivity contribution is 5.75. The number of pyridine rings is 1. The summed E-state index contributed by atoms with van der Waals surface area (Å²) in [5.74, 6) is 1.76. The maximum absolute atomic E-state index is 12.5. The Morgan fingerprint density at radius 1 is 1.03 bits per heavy atom. The third kappa shape index (κ3) is 5.69.